The van der Waals surface area contributed by atoms with Crippen LogP contribution in [0.3, 0.4) is 0 Å². The smallest absolute Gasteiger partial charge is 0.255 e. The zero-order valence-corrected chi connectivity index (χ0v) is 13.9. The predicted octanol–water partition coefficient (Wildman–Crippen LogP) is 3.67. The molecule has 0 aromatic carbocycles. The van der Waals surface area contributed by atoms with Crippen LogP contribution in [0, 0.1) is 11.8 Å². The lowest BCUT2D eigenvalue weighted by Crippen LogP contribution is -2.48. The fourth-order valence-corrected chi connectivity index (χ4v) is 3.23. The maximum atomic E-state index is 12.7. The van der Waals surface area contributed by atoms with Gasteiger partial charge in [-0.1, -0.05) is 25.4 Å². The van der Waals surface area contributed by atoms with Crippen molar-refractivity contribution in [2.45, 2.75) is 40.2 Å². The standard InChI is InChI=1S/C16H24ClN3O/c1-5-18-15-14(17)7-13(8-19-15)16(21)20-9-10(2)6-11(3)12(20)4/h7-8,10-12H,5-6,9H2,1-4H3,(H,18,19). The lowest BCUT2D eigenvalue weighted by atomic mass is 9.85. The molecule has 3 unspecified atom stereocenters. The number of pyridine rings is 1. The van der Waals surface area contributed by atoms with Gasteiger partial charge in [-0.3, -0.25) is 4.79 Å². The topological polar surface area (TPSA) is 45.2 Å². The van der Waals surface area contributed by atoms with Crippen LogP contribution in [0.25, 0.3) is 0 Å². The van der Waals surface area contributed by atoms with Crippen LogP contribution in [-0.2, 0) is 0 Å². The Morgan fingerprint density at radius 2 is 2.19 bits per heavy atom. The Morgan fingerprint density at radius 1 is 1.48 bits per heavy atom. The minimum absolute atomic E-state index is 0.0262. The molecule has 2 rings (SSSR count). The number of aromatic nitrogens is 1. The molecule has 0 aliphatic carbocycles. The van der Waals surface area contributed by atoms with Crippen molar-refractivity contribution < 1.29 is 4.79 Å². The molecule has 1 aromatic heterocycles. The number of piperidine rings is 1. The normalized spacial score (nSPS) is 25.8. The maximum absolute atomic E-state index is 12.7. The van der Waals surface area contributed by atoms with Crippen molar-refractivity contribution in [3.63, 3.8) is 0 Å². The van der Waals surface area contributed by atoms with Gasteiger partial charge in [0.2, 0.25) is 0 Å². The Morgan fingerprint density at radius 3 is 2.81 bits per heavy atom. The summed E-state index contributed by atoms with van der Waals surface area (Å²) in [5.41, 5.74) is 0.565. The number of anilines is 1. The van der Waals surface area contributed by atoms with E-state index in [4.69, 9.17) is 11.6 Å². The minimum atomic E-state index is 0.0262. The van der Waals surface area contributed by atoms with Gasteiger partial charge in [0.05, 0.1) is 10.6 Å². The van der Waals surface area contributed by atoms with Gasteiger partial charge < -0.3 is 10.2 Å². The third-order valence-corrected chi connectivity index (χ3v) is 4.58. The molecule has 0 spiro atoms. The van der Waals surface area contributed by atoms with Crippen LogP contribution in [0.4, 0.5) is 5.82 Å². The number of carbonyl (C=O) groups is 1. The van der Waals surface area contributed by atoms with E-state index in [0.29, 0.717) is 28.2 Å². The van der Waals surface area contributed by atoms with Crippen molar-refractivity contribution in [3.05, 3.63) is 22.8 Å². The Labute approximate surface area is 131 Å². The summed E-state index contributed by atoms with van der Waals surface area (Å²) in [6, 6.07) is 1.96. The molecule has 0 saturated carbocycles. The molecule has 2 heterocycles. The molecule has 1 amide bonds. The molecule has 5 heteroatoms. The zero-order chi connectivity index (χ0) is 15.6. The highest BCUT2D eigenvalue weighted by Crippen LogP contribution is 2.29. The quantitative estimate of drug-likeness (QED) is 0.926. The molecule has 1 N–H and O–H groups in total. The van der Waals surface area contributed by atoms with E-state index in [2.05, 4.69) is 31.1 Å². The number of likely N-dealkylation sites (tertiary alicyclic amines) is 1. The molecular formula is C16H24ClN3O. The fraction of sp³-hybridized carbons (Fsp3) is 0.625. The first-order chi connectivity index (χ1) is 9.93. The van der Waals surface area contributed by atoms with Crippen LogP contribution >= 0.6 is 11.6 Å². The van der Waals surface area contributed by atoms with Crippen molar-refractivity contribution in [1.29, 1.82) is 0 Å². The average Bonchev–Trinajstić information content (AvgIpc) is 2.44. The second-order valence-corrected chi connectivity index (χ2v) is 6.51. The van der Waals surface area contributed by atoms with Gasteiger partial charge in [0, 0.05) is 25.3 Å². The summed E-state index contributed by atoms with van der Waals surface area (Å²) in [5, 5.41) is 3.57. The van der Waals surface area contributed by atoms with Gasteiger partial charge in [-0.25, -0.2) is 4.98 Å². The largest absolute Gasteiger partial charge is 0.369 e. The van der Waals surface area contributed by atoms with Crippen molar-refractivity contribution >= 4 is 23.3 Å². The third-order valence-electron chi connectivity index (χ3n) is 4.29. The number of rotatable bonds is 3. The Bertz CT molecular complexity index is 520. The van der Waals surface area contributed by atoms with E-state index in [1.54, 1.807) is 12.3 Å². The summed E-state index contributed by atoms with van der Waals surface area (Å²) < 4.78 is 0. The fourth-order valence-electron chi connectivity index (χ4n) is 3.00. The van der Waals surface area contributed by atoms with Crippen LogP contribution in [0.15, 0.2) is 12.3 Å². The monoisotopic (exact) mass is 309 g/mol. The minimum Gasteiger partial charge on any atom is -0.369 e. The van der Waals surface area contributed by atoms with Gasteiger partial charge in [0.15, 0.2) is 0 Å². The summed E-state index contributed by atoms with van der Waals surface area (Å²) in [6.45, 7) is 10.1. The zero-order valence-electron chi connectivity index (χ0n) is 13.2. The van der Waals surface area contributed by atoms with Gasteiger partial charge in [0.25, 0.3) is 5.91 Å². The van der Waals surface area contributed by atoms with E-state index >= 15 is 0 Å². The predicted molar refractivity (Wildman–Crippen MR) is 86.9 cm³/mol. The van der Waals surface area contributed by atoms with Crippen LogP contribution in [0.5, 0.6) is 0 Å². The number of hydrogen-bond acceptors (Lipinski definition) is 3. The van der Waals surface area contributed by atoms with E-state index in [1.807, 2.05) is 11.8 Å². The van der Waals surface area contributed by atoms with E-state index in [9.17, 15) is 4.79 Å². The first-order valence-corrected chi connectivity index (χ1v) is 8.02. The van der Waals surface area contributed by atoms with Crippen molar-refractivity contribution in [3.8, 4) is 0 Å². The highest BCUT2D eigenvalue weighted by Gasteiger charge is 2.32. The van der Waals surface area contributed by atoms with Crippen molar-refractivity contribution in [2.75, 3.05) is 18.4 Å². The molecule has 1 saturated heterocycles. The Kier molecular flexibility index (Phi) is 5.09. The first kappa shape index (κ1) is 16.1. The molecule has 21 heavy (non-hydrogen) atoms. The van der Waals surface area contributed by atoms with Crippen LogP contribution in [0.2, 0.25) is 5.02 Å². The van der Waals surface area contributed by atoms with Gasteiger partial charge in [0.1, 0.15) is 5.82 Å². The molecule has 1 aromatic rings. The van der Waals surface area contributed by atoms with Crippen LogP contribution in [0.1, 0.15) is 44.5 Å². The van der Waals surface area contributed by atoms with Gasteiger partial charge in [-0.2, -0.15) is 0 Å². The second kappa shape index (κ2) is 6.65. The first-order valence-electron chi connectivity index (χ1n) is 7.64. The number of nitrogens with zero attached hydrogens (tertiary/aromatic N) is 2. The van der Waals surface area contributed by atoms with E-state index < -0.39 is 0 Å². The second-order valence-electron chi connectivity index (χ2n) is 6.10. The number of hydrogen-bond donors (Lipinski definition) is 1. The molecule has 3 atom stereocenters. The van der Waals surface area contributed by atoms with Gasteiger partial charge in [-0.15, -0.1) is 0 Å². The maximum Gasteiger partial charge on any atom is 0.255 e. The average molecular weight is 310 g/mol. The highest BCUT2D eigenvalue weighted by atomic mass is 35.5. The van der Waals surface area contributed by atoms with Crippen molar-refractivity contribution in [1.82, 2.24) is 9.88 Å². The summed E-state index contributed by atoms with van der Waals surface area (Å²) >= 11 is 6.19. The lowest BCUT2D eigenvalue weighted by molar-refractivity contribution is 0.0455. The molecule has 4 nitrogen and oxygen atoms in total. The van der Waals surface area contributed by atoms with Crippen LogP contribution < -0.4 is 5.32 Å². The molecule has 0 bridgehead atoms. The number of amides is 1. The molecule has 1 aliphatic rings. The summed E-state index contributed by atoms with van der Waals surface area (Å²) in [6.07, 6.45) is 2.78. The SMILES string of the molecule is CCNc1ncc(C(=O)N2CC(C)CC(C)C2C)cc1Cl. The molecule has 1 fully saturated rings. The molecule has 0 radical (unpaired) electrons. The molecule has 1 aliphatic heterocycles. The lowest BCUT2D eigenvalue weighted by Gasteiger charge is -2.41. The molecular weight excluding hydrogens is 286 g/mol. The van der Waals surface area contributed by atoms with Crippen LogP contribution in [-0.4, -0.2) is 34.9 Å². The molecule has 116 valence electrons. The Balaban J connectivity index is 2.21. The number of nitrogens with one attached hydrogen (secondary N) is 1. The van der Waals surface area contributed by atoms with E-state index in [1.165, 1.54) is 6.42 Å². The van der Waals surface area contributed by atoms with Gasteiger partial charge in [-0.05, 0) is 38.2 Å². The van der Waals surface area contributed by atoms with E-state index in [0.717, 1.165) is 13.1 Å². The summed E-state index contributed by atoms with van der Waals surface area (Å²) in [4.78, 5) is 18.9. The number of halogens is 1. The van der Waals surface area contributed by atoms with Crippen molar-refractivity contribution in [2.24, 2.45) is 11.8 Å². The number of carbonyl (C=O) groups excluding carboxylic acids is 1. The van der Waals surface area contributed by atoms with E-state index in [-0.39, 0.29) is 11.9 Å². The van der Waals surface area contributed by atoms with Gasteiger partial charge >= 0.3 is 0 Å². The third kappa shape index (κ3) is 3.49. The summed E-state index contributed by atoms with van der Waals surface area (Å²) in [7, 11) is 0. The summed E-state index contributed by atoms with van der Waals surface area (Å²) in [5.74, 6) is 1.70. The highest BCUT2D eigenvalue weighted by molar-refractivity contribution is 6.33. The Hall–Kier alpha value is -1.29.